The minimum Gasteiger partial charge on any atom is -0.465 e. The first kappa shape index (κ1) is 9.85. The quantitative estimate of drug-likeness (QED) is 0.693. The van der Waals surface area contributed by atoms with E-state index >= 15 is 0 Å². The number of nitrogens with one attached hydrogen (secondary N) is 1. The van der Waals surface area contributed by atoms with Crippen molar-refractivity contribution < 1.29 is 9.90 Å². The summed E-state index contributed by atoms with van der Waals surface area (Å²) in [5.74, 6) is 0.805. The van der Waals surface area contributed by atoms with Gasteiger partial charge in [0.05, 0.1) is 11.5 Å². The van der Waals surface area contributed by atoms with Crippen LogP contribution in [0.1, 0.15) is 20.3 Å². The van der Waals surface area contributed by atoms with Gasteiger partial charge < -0.3 is 10.4 Å². The highest BCUT2D eigenvalue weighted by molar-refractivity contribution is 5.64. The number of nitrogens with zero attached hydrogens (tertiary/aromatic N) is 1. The Balaban J connectivity index is 2.48. The Morgan fingerprint density at radius 2 is 2.46 bits per heavy atom. The van der Waals surface area contributed by atoms with Crippen LogP contribution in [0.25, 0.3) is 0 Å². The molecule has 13 heavy (non-hydrogen) atoms. The van der Waals surface area contributed by atoms with Crippen LogP contribution in [0.3, 0.4) is 0 Å². The van der Waals surface area contributed by atoms with E-state index in [1.807, 2.05) is 0 Å². The van der Waals surface area contributed by atoms with Crippen LogP contribution in [0.4, 0.5) is 4.79 Å². The van der Waals surface area contributed by atoms with Crippen molar-refractivity contribution in [2.45, 2.75) is 20.3 Å². The summed E-state index contributed by atoms with van der Waals surface area (Å²) < 4.78 is 0. The van der Waals surface area contributed by atoms with Crippen LogP contribution in [0.2, 0.25) is 0 Å². The minimum absolute atomic E-state index is 0.266. The molecule has 4 heteroatoms. The molecule has 2 unspecified atom stereocenters. The molecular formula is C9H14N2O2. The first-order chi connectivity index (χ1) is 6.02. The standard InChI is InChI=1S/C9H14N2O2/c1-6(2)7-3-9(7,4-10)5-11-8(12)13/h6-7,11H,3,5H2,1-2H3,(H,12,13). The molecule has 0 bridgehead atoms. The zero-order chi connectivity index (χ0) is 10.1. The van der Waals surface area contributed by atoms with Crippen LogP contribution in [-0.2, 0) is 0 Å². The average molecular weight is 182 g/mol. The third-order valence-corrected chi connectivity index (χ3v) is 2.72. The van der Waals surface area contributed by atoms with Crippen LogP contribution in [0.5, 0.6) is 0 Å². The van der Waals surface area contributed by atoms with E-state index in [-0.39, 0.29) is 6.54 Å². The molecule has 0 aliphatic heterocycles. The number of nitriles is 1. The lowest BCUT2D eigenvalue weighted by molar-refractivity contribution is 0.192. The van der Waals surface area contributed by atoms with Gasteiger partial charge in [0.15, 0.2) is 0 Å². The van der Waals surface area contributed by atoms with E-state index in [0.29, 0.717) is 11.8 Å². The highest BCUT2D eigenvalue weighted by Crippen LogP contribution is 2.55. The first-order valence-corrected chi connectivity index (χ1v) is 4.40. The zero-order valence-corrected chi connectivity index (χ0v) is 7.87. The van der Waals surface area contributed by atoms with Gasteiger partial charge in [0.2, 0.25) is 0 Å². The fourth-order valence-electron chi connectivity index (χ4n) is 1.81. The van der Waals surface area contributed by atoms with Gasteiger partial charge in [-0.2, -0.15) is 5.26 Å². The number of carbonyl (C=O) groups is 1. The summed E-state index contributed by atoms with van der Waals surface area (Å²) in [6.07, 6.45) is -0.231. The average Bonchev–Trinajstić information content (AvgIpc) is 2.76. The molecule has 0 spiro atoms. The molecule has 1 aliphatic rings. The van der Waals surface area contributed by atoms with Crippen LogP contribution in [0.15, 0.2) is 0 Å². The van der Waals surface area contributed by atoms with E-state index < -0.39 is 11.5 Å². The van der Waals surface area contributed by atoms with Crippen LogP contribution < -0.4 is 5.32 Å². The Kier molecular flexibility index (Phi) is 2.46. The van der Waals surface area contributed by atoms with Crippen LogP contribution in [-0.4, -0.2) is 17.7 Å². The van der Waals surface area contributed by atoms with Crippen molar-refractivity contribution >= 4 is 6.09 Å². The molecule has 0 radical (unpaired) electrons. The smallest absolute Gasteiger partial charge is 0.404 e. The van der Waals surface area contributed by atoms with Crippen molar-refractivity contribution in [2.75, 3.05) is 6.54 Å². The van der Waals surface area contributed by atoms with Gasteiger partial charge in [-0.1, -0.05) is 13.8 Å². The Morgan fingerprint density at radius 1 is 1.85 bits per heavy atom. The van der Waals surface area contributed by atoms with Crippen molar-refractivity contribution in [3.63, 3.8) is 0 Å². The van der Waals surface area contributed by atoms with Crippen molar-refractivity contribution in [3.05, 3.63) is 0 Å². The summed E-state index contributed by atoms with van der Waals surface area (Å²) in [5, 5.41) is 19.6. The lowest BCUT2D eigenvalue weighted by Crippen LogP contribution is -2.29. The predicted molar refractivity (Wildman–Crippen MR) is 47.0 cm³/mol. The lowest BCUT2D eigenvalue weighted by Gasteiger charge is -2.10. The highest BCUT2D eigenvalue weighted by Gasteiger charge is 2.56. The zero-order valence-electron chi connectivity index (χ0n) is 7.87. The summed E-state index contributed by atoms with van der Waals surface area (Å²) in [6.45, 7) is 4.39. The van der Waals surface area contributed by atoms with Crippen molar-refractivity contribution in [3.8, 4) is 6.07 Å². The molecule has 0 saturated heterocycles. The number of amides is 1. The van der Waals surface area contributed by atoms with Gasteiger partial charge >= 0.3 is 6.09 Å². The van der Waals surface area contributed by atoms with Crippen LogP contribution in [0, 0.1) is 28.6 Å². The van der Waals surface area contributed by atoms with Crippen molar-refractivity contribution in [2.24, 2.45) is 17.3 Å². The van der Waals surface area contributed by atoms with Crippen molar-refractivity contribution in [1.29, 1.82) is 5.26 Å². The molecule has 2 N–H and O–H groups in total. The summed E-state index contributed by atoms with van der Waals surface area (Å²) in [5.41, 5.74) is -0.424. The van der Waals surface area contributed by atoms with Gasteiger partial charge in [-0.25, -0.2) is 4.79 Å². The van der Waals surface area contributed by atoms with E-state index in [0.717, 1.165) is 6.42 Å². The largest absolute Gasteiger partial charge is 0.465 e. The first-order valence-electron chi connectivity index (χ1n) is 4.40. The summed E-state index contributed by atoms with van der Waals surface area (Å²) in [4.78, 5) is 10.2. The number of hydrogen-bond donors (Lipinski definition) is 2. The third kappa shape index (κ3) is 1.92. The lowest BCUT2D eigenvalue weighted by atomic mass is 9.98. The molecule has 1 fully saturated rings. The molecule has 0 aromatic rings. The second-order valence-electron chi connectivity index (χ2n) is 3.98. The summed E-state index contributed by atoms with van der Waals surface area (Å²) in [7, 11) is 0. The number of rotatable bonds is 3. The Labute approximate surface area is 77.6 Å². The van der Waals surface area contributed by atoms with E-state index in [1.54, 1.807) is 0 Å². The fourth-order valence-corrected chi connectivity index (χ4v) is 1.81. The normalized spacial score (nSPS) is 31.1. The Hall–Kier alpha value is -1.24. The van der Waals surface area contributed by atoms with Gasteiger partial charge in [-0.3, -0.25) is 0 Å². The molecule has 4 nitrogen and oxygen atoms in total. The minimum atomic E-state index is -1.05. The second kappa shape index (κ2) is 3.25. The Bertz CT molecular complexity index is 257. The molecule has 1 amide bonds. The molecule has 0 aromatic carbocycles. The van der Waals surface area contributed by atoms with Gasteiger partial charge in [0.25, 0.3) is 0 Å². The SMILES string of the molecule is CC(C)C1CC1(C#N)CNC(=O)O. The van der Waals surface area contributed by atoms with E-state index in [9.17, 15) is 4.79 Å². The highest BCUT2D eigenvalue weighted by atomic mass is 16.4. The van der Waals surface area contributed by atoms with Gasteiger partial charge in [-0.05, 0) is 18.3 Å². The van der Waals surface area contributed by atoms with Crippen molar-refractivity contribution in [1.82, 2.24) is 5.32 Å². The molecule has 0 heterocycles. The summed E-state index contributed by atoms with van der Waals surface area (Å²) >= 11 is 0. The molecule has 0 aromatic heterocycles. The fraction of sp³-hybridized carbons (Fsp3) is 0.778. The van der Waals surface area contributed by atoms with E-state index in [1.165, 1.54) is 0 Å². The molecule has 72 valence electrons. The van der Waals surface area contributed by atoms with Crippen LogP contribution >= 0.6 is 0 Å². The van der Waals surface area contributed by atoms with Gasteiger partial charge in [0.1, 0.15) is 0 Å². The molecule has 2 atom stereocenters. The Morgan fingerprint density at radius 3 is 2.77 bits per heavy atom. The van der Waals surface area contributed by atoms with E-state index in [2.05, 4.69) is 25.2 Å². The maximum absolute atomic E-state index is 10.2. The monoisotopic (exact) mass is 182 g/mol. The summed E-state index contributed by atoms with van der Waals surface area (Å²) in [6, 6.07) is 2.21. The molecular weight excluding hydrogens is 168 g/mol. The third-order valence-electron chi connectivity index (χ3n) is 2.72. The van der Waals surface area contributed by atoms with Gasteiger partial charge in [0, 0.05) is 6.54 Å². The maximum atomic E-state index is 10.2. The van der Waals surface area contributed by atoms with Gasteiger partial charge in [-0.15, -0.1) is 0 Å². The maximum Gasteiger partial charge on any atom is 0.404 e. The molecule has 1 rings (SSSR count). The number of hydrogen-bond acceptors (Lipinski definition) is 2. The second-order valence-corrected chi connectivity index (χ2v) is 3.98. The molecule has 1 saturated carbocycles. The number of carboxylic acid groups (broad SMARTS) is 1. The topological polar surface area (TPSA) is 73.1 Å². The predicted octanol–water partition coefficient (Wildman–Crippen LogP) is 1.44. The molecule has 1 aliphatic carbocycles. The van der Waals surface area contributed by atoms with E-state index in [4.69, 9.17) is 10.4 Å².